The van der Waals surface area contributed by atoms with Crippen molar-refractivity contribution in [1.82, 2.24) is 0 Å². The minimum Gasteiger partial charge on any atom is -0.491 e. The van der Waals surface area contributed by atoms with Gasteiger partial charge >= 0.3 is 0 Å². The highest BCUT2D eigenvalue weighted by Crippen LogP contribution is 2.19. The van der Waals surface area contributed by atoms with Crippen LogP contribution in [0.5, 0.6) is 5.75 Å². The standard InChI is InChI=1S/C11H16FNO2/c1-8-3-4-9(12)5-10(8)15-7-11(2,13)6-14/h3-5,14H,6-7,13H2,1-2H3. The van der Waals surface area contributed by atoms with E-state index < -0.39 is 5.54 Å². The van der Waals surface area contributed by atoms with E-state index in [1.54, 1.807) is 13.0 Å². The Hall–Kier alpha value is -1.13. The molecule has 1 atom stereocenters. The van der Waals surface area contributed by atoms with Crippen LogP contribution in [-0.4, -0.2) is 23.9 Å². The van der Waals surface area contributed by atoms with Gasteiger partial charge in [-0.2, -0.15) is 0 Å². The highest BCUT2D eigenvalue weighted by molar-refractivity contribution is 5.32. The molecule has 0 saturated carbocycles. The molecule has 84 valence electrons. The Labute approximate surface area is 88.7 Å². The molecule has 15 heavy (non-hydrogen) atoms. The number of halogens is 1. The maximum absolute atomic E-state index is 12.9. The number of benzene rings is 1. The van der Waals surface area contributed by atoms with Crippen LogP contribution < -0.4 is 10.5 Å². The molecule has 0 amide bonds. The topological polar surface area (TPSA) is 55.5 Å². The first kappa shape index (κ1) is 11.9. The molecule has 4 heteroatoms. The van der Waals surface area contributed by atoms with Crippen LogP contribution >= 0.6 is 0 Å². The highest BCUT2D eigenvalue weighted by atomic mass is 19.1. The first-order chi connectivity index (χ1) is 6.94. The Morgan fingerprint density at radius 2 is 2.20 bits per heavy atom. The monoisotopic (exact) mass is 213 g/mol. The normalized spacial score (nSPS) is 14.7. The molecular formula is C11H16FNO2. The van der Waals surface area contributed by atoms with Crippen molar-refractivity contribution in [2.24, 2.45) is 5.73 Å². The summed E-state index contributed by atoms with van der Waals surface area (Å²) in [5.41, 5.74) is 5.71. The zero-order chi connectivity index (χ0) is 11.5. The summed E-state index contributed by atoms with van der Waals surface area (Å²) >= 11 is 0. The predicted molar refractivity (Wildman–Crippen MR) is 56.3 cm³/mol. The number of hydrogen-bond donors (Lipinski definition) is 2. The van der Waals surface area contributed by atoms with Crippen LogP contribution in [0.2, 0.25) is 0 Å². The fourth-order valence-corrected chi connectivity index (χ4v) is 1.02. The van der Waals surface area contributed by atoms with E-state index in [0.717, 1.165) is 5.56 Å². The van der Waals surface area contributed by atoms with Crippen LogP contribution in [0.3, 0.4) is 0 Å². The van der Waals surface area contributed by atoms with E-state index in [2.05, 4.69) is 0 Å². The number of aliphatic hydroxyl groups excluding tert-OH is 1. The molecule has 0 saturated heterocycles. The van der Waals surface area contributed by atoms with Crippen molar-refractivity contribution < 1.29 is 14.2 Å². The third kappa shape index (κ3) is 3.49. The van der Waals surface area contributed by atoms with Gasteiger partial charge in [-0.15, -0.1) is 0 Å². The van der Waals surface area contributed by atoms with Gasteiger partial charge in [0.05, 0.1) is 12.1 Å². The van der Waals surface area contributed by atoms with Crippen molar-refractivity contribution in [1.29, 1.82) is 0 Å². The first-order valence-electron chi connectivity index (χ1n) is 4.73. The molecule has 0 spiro atoms. The zero-order valence-electron chi connectivity index (χ0n) is 8.96. The molecule has 0 aliphatic carbocycles. The summed E-state index contributed by atoms with van der Waals surface area (Å²) in [5.74, 6) is 0.110. The number of rotatable bonds is 4. The van der Waals surface area contributed by atoms with Crippen molar-refractivity contribution in [2.45, 2.75) is 19.4 Å². The molecule has 1 rings (SSSR count). The zero-order valence-corrected chi connectivity index (χ0v) is 8.96. The largest absolute Gasteiger partial charge is 0.491 e. The Morgan fingerprint density at radius 3 is 2.80 bits per heavy atom. The van der Waals surface area contributed by atoms with E-state index in [1.807, 2.05) is 6.92 Å². The lowest BCUT2D eigenvalue weighted by molar-refractivity contribution is 0.145. The molecule has 0 aliphatic heterocycles. The molecular weight excluding hydrogens is 197 g/mol. The predicted octanol–water partition coefficient (Wildman–Crippen LogP) is 1.22. The summed E-state index contributed by atoms with van der Waals surface area (Å²) in [6.07, 6.45) is 0. The molecule has 1 unspecified atom stereocenters. The molecule has 1 aromatic rings. The molecule has 0 bridgehead atoms. The average molecular weight is 213 g/mol. The molecule has 0 radical (unpaired) electrons. The second kappa shape index (κ2) is 4.59. The lowest BCUT2D eigenvalue weighted by atomic mass is 10.1. The fraction of sp³-hybridized carbons (Fsp3) is 0.455. The minimum atomic E-state index is -0.807. The quantitative estimate of drug-likeness (QED) is 0.790. The molecule has 0 heterocycles. The lowest BCUT2D eigenvalue weighted by Gasteiger charge is -2.22. The molecule has 0 fully saturated rings. The second-order valence-electron chi connectivity index (χ2n) is 4.01. The van der Waals surface area contributed by atoms with Crippen LogP contribution in [0.25, 0.3) is 0 Å². The van der Waals surface area contributed by atoms with E-state index in [9.17, 15) is 4.39 Å². The van der Waals surface area contributed by atoms with Gasteiger partial charge in [0, 0.05) is 6.07 Å². The van der Waals surface area contributed by atoms with Gasteiger partial charge in [-0.1, -0.05) is 6.07 Å². The summed E-state index contributed by atoms with van der Waals surface area (Å²) in [6.45, 7) is 3.46. The van der Waals surface area contributed by atoms with Crippen LogP contribution in [0.4, 0.5) is 4.39 Å². The van der Waals surface area contributed by atoms with Gasteiger partial charge in [0.25, 0.3) is 0 Å². The Kier molecular flexibility index (Phi) is 3.66. The average Bonchev–Trinajstić information content (AvgIpc) is 2.20. The highest BCUT2D eigenvalue weighted by Gasteiger charge is 2.18. The molecule has 1 aromatic carbocycles. The summed E-state index contributed by atoms with van der Waals surface area (Å²) in [6, 6.07) is 4.32. The molecule has 0 aliphatic rings. The SMILES string of the molecule is Cc1ccc(F)cc1OCC(C)(N)CO. The van der Waals surface area contributed by atoms with Gasteiger partial charge < -0.3 is 15.6 Å². The Bertz CT molecular complexity index is 339. The van der Waals surface area contributed by atoms with E-state index in [-0.39, 0.29) is 19.0 Å². The summed E-state index contributed by atoms with van der Waals surface area (Å²) in [4.78, 5) is 0. The van der Waals surface area contributed by atoms with Crippen LogP contribution in [0, 0.1) is 12.7 Å². The second-order valence-corrected chi connectivity index (χ2v) is 4.01. The van der Waals surface area contributed by atoms with E-state index in [1.165, 1.54) is 12.1 Å². The number of aliphatic hydroxyl groups is 1. The lowest BCUT2D eigenvalue weighted by Crippen LogP contribution is -2.46. The van der Waals surface area contributed by atoms with Gasteiger partial charge in [0.2, 0.25) is 0 Å². The van der Waals surface area contributed by atoms with Gasteiger partial charge in [-0.25, -0.2) is 4.39 Å². The van der Waals surface area contributed by atoms with Crippen molar-refractivity contribution in [2.75, 3.05) is 13.2 Å². The van der Waals surface area contributed by atoms with Crippen molar-refractivity contribution >= 4 is 0 Å². The van der Waals surface area contributed by atoms with Gasteiger partial charge in [0.15, 0.2) is 0 Å². The number of nitrogens with two attached hydrogens (primary N) is 1. The molecule has 3 nitrogen and oxygen atoms in total. The molecule has 3 N–H and O–H groups in total. The number of hydrogen-bond acceptors (Lipinski definition) is 3. The van der Waals surface area contributed by atoms with E-state index in [0.29, 0.717) is 5.75 Å². The van der Waals surface area contributed by atoms with E-state index in [4.69, 9.17) is 15.6 Å². The maximum atomic E-state index is 12.9. The van der Waals surface area contributed by atoms with E-state index >= 15 is 0 Å². The van der Waals surface area contributed by atoms with Crippen molar-refractivity contribution in [3.8, 4) is 5.75 Å². The van der Waals surface area contributed by atoms with Crippen LogP contribution in [0.15, 0.2) is 18.2 Å². The maximum Gasteiger partial charge on any atom is 0.126 e. The van der Waals surface area contributed by atoms with Gasteiger partial charge in [-0.05, 0) is 25.5 Å². The molecule has 0 aromatic heterocycles. The fourth-order valence-electron chi connectivity index (χ4n) is 1.02. The van der Waals surface area contributed by atoms with Crippen molar-refractivity contribution in [3.05, 3.63) is 29.6 Å². The smallest absolute Gasteiger partial charge is 0.126 e. The minimum absolute atomic E-state index is 0.147. The van der Waals surface area contributed by atoms with Crippen LogP contribution in [0.1, 0.15) is 12.5 Å². The third-order valence-corrected chi connectivity index (χ3v) is 2.07. The van der Waals surface area contributed by atoms with Gasteiger partial charge in [0.1, 0.15) is 18.2 Å². The van der Waals surface area contributed by atoms with Gasteiger partial charge in [-0.3, -0.25) is 0 Å². The summed E-state index contributed by atoms with van der Waals surface area (Å²) < 4.78 is 18.2. The Morgan fingerprint density at radius 1 is 1.53 bits per heavy atom. The first-order valence-corrected chi connectivity index (χ1v) is 4.73. The Balaban J connectivity index is 2.69. The summed E-state index contributed by atoms with van der Waals surface area (Å²) in [7, 11) is 0. The number of aryl methyl sites for hydroxylation is 1. The third-order valence-electron chi connectivity index (χ3n) is 2.07. The van der Waals surface area contributed by atoms with Crippen molar-refractivity contribution in [3.63, 3.8) is 0 Å². The number of ether oxygens (including phenoxy) is 1. The summed E-state index contributed by atoms with van der Waals surface area (Å²) in [5, 5.41) is 8.92. The van der Waals surface area contributed by atoms with Crippen LogP contribution in [-0.2, 0) is 0 Å².